The van der Waals surface area contributed by atoms with E-state index < -0.39 is 0 Å². The van der Waals surface area contributed by atoms with Crippen molar-refractivity contribution in [2.75, 3.05) is 19.7 Å². The minimum absolute atomic E-state index is 0.405. The molecule has 1 aliphatic carbocycles. The summed E-state index contributed by atoms with van der Waals surface area (Å²) in [4.78, 5) is 8.57. The molecule has 5 heteroatoms. The van der Waals surface area contributed by atoms with E-state index in [2.05, 4.69) is 22.2 Å². The van der Waals surface area contributed by atoms with Gasteiger partial charge in [-0.05, 0) is 30.9 Å². The highest BCUT2D eigenvalue weighted by Gasteiger charge is 2.21. The molecule has 1 heterocycles. The van der Waals surface area contributed by atoms with E-state index in [-0.39, 0.29) is 0 Å². The van der Waals surface area contributed by atoms with Crippen molar-refractivity contribution in [3.05, 3.63) is 30.1 Å². The van der Waals surface area contributed by atoms with Gasteiger partial charge in [-0.3, -0.25) is 9.98 Å². The molecule has 5 nitrogen and oxygen atoms in total. The van der Waals surface area contributed by atoms with Crippen molar-refractivity contribution in [3.8, 4) is 0 Å². The molecule has 0 radical (unpaired) electrons. The van der Waals surface area contributed by atoms with Crippen LogP contribution in [0, 0.1) is 5.92 Å². The molecule has 0 aliphatic heterocycles. The van der Waals surface area contributed by atoms with Crippen LogP contribution < -0.4 is 11.1 Å². The lowest BCUT2D eigenvalue weighted by Crippen LogP contribution is -2.34. The Balaban J connectivity index is 1.57. The molecule has 2 atom stereocenters. The van der Waals surface area contributed by atoms with Crippen LogP contribution in [0.4, 0.5) is 0 Å². The quantitative estimate of drug-likeness (QED) is 0.460. The number of ether oxygens (including phenoxy) is 1. The summed E-state index contributed by atoms with van der Waals surface area (Å²) in [6.45, 7) is 4.29. The highest BCUT2D eigenvalue weighted by Crippen LogP contribution is 2.25. The Bertz CT molecular complexity index is 449. The van der Waals surface area contributed by atoms with Crippen molar-refractivity contribution >= 4 is 5.96 Å². The Hall–Kier alpha value is -1.62. The average molecular weight is 304 g/mol. The van der Waals surface area contributed by atoms with Gasteiger partial charge < -0.3 is 15.8 Å². The number of rotatable bonds is 7. The summed E-state index contributed by atoms with van der Waals surface area (Å²) in [5.74, 6) is 1.16. The SMILES string of the molecule is C[C@H]1CCCC[C@@H]1OCCN=C(N)NCCc1ccccn1. The molecule has 122 valence electrons. The molecular weight excluding hydrogens is 276 g/mol. The van der Waals surface area contributed by atoms with Crippen LogP contribution in [0.5, 0.6) is 0 Å². The van der Waals surface area contributed by atoms with Crippen molar-refractivity contribution in [2.24, 2.45) is 16.6 Å². The number of hydrogen-bond donors (Lipinski definition) is 2. The maximum absolute atomic E-state index is 5.92. The molecule has 0 aromatic carbocycles. The topological polar surface area (TPSA) is 72.5 Å². The predicted molar refractivity (Wildman–Crippen MR) is 89.8 cm³/mol. The number of nitrogens with zero attached hydrogens (tertiary/aromatic N) is 2. The molecule has 0 spiro atoms. The zero-order valence-corrected chi connectivity index (χ0v) is 13.5. The number of nitrogens with two attached hydrogens (primary N) is 1. The molecule has 1 aromatic rings. The number of hydrogen-bond acceptors (Lipinski definition) is 3. The van der Waals surface area contributed by atoms with Gasteiger partial charge in [-0.2, -0.15) is 0 Å². The van der Waals surface area contributed by atoms with Crippen LogP contribution in [-0.4, -0.2) is 36.7 Å². The van der Waals surface area contributed by atoms with Gasteiger partial charge in [-0.1, -0.05) is 25.8 Å². The van der Waals surface area contributed by atoms with Crippen LogP contribution in [0.25, 0.3) is 0 Å². The Morgan fingerprint density at radius 1 is 1.41 bits per heavy atom. The van der Waals surface area contributed by atoms with E-state index in [1.54, 1.807) is 6.20 Å². The first-order chi connectivity index (χ1) is 10.8. The molecule has 0 amide bonds. The number of aliphatic imine (C=N–C) groups is 1. The predicted octanol–water partition coefficient (Wildman–Crippen LogP) is 2.12. The molecule has 0 unspecified atom stereocenters. The lowest BCUT2D eigenvalue weighted by Gasteiger charge is -2.28. The van der Waals surface area contributed by atoms with Gasteiger partial charge in [0.1, 0.15) is 0 Å². The first kappa shape index (κ1) is 16.7. The summed E-state index contributed by atoms with van der Waals surface area (Å²) in [5, 5.41) is 3.11. The number of nitrogens with one attached hydrogen (secondary N) is 1. The lowest BCUT2D eigenvalue weighted by molar-refractivity contribution is -0.000654. The second kappa shape index (κ2) is 9.41. The van der Waals surface area contributed by atoms with E-state index >= 15 is 0 Å². The third-order valence-corrected chi connectivity index (χ3v) is 4.15. The normalized spacial score (nSPS) is 22.5. The average Bonchev–Trinajstić information content (AvgIpc) is 2.54. The molecule has 1 aromatic heterocycles. The van der Waals surface area contributed by atoms with Gasteiger partial charge in [0.2, 0.25) is 0 Å². The van der Waals surface area contributed by atoms with Gasteiger partial charge in [-0.25, -0.2) is 0 Å². The monoisotopic (exact) mass is 304 g/mol. The van der Waals surface area contributed by atoms with E-state index in [9.17, 15) is 0 Å². The molecule has 2 rings (SSSR count). The summed E-state index contributed by atoms with van der Waals surface area (Å²) < 4.78 is 5.92. The van der Waals surface area contributed by atoms with Crippen LogP contribution in [0.15, 0.2) is 29.4 Å². The maximum Gasteiger partial charge on any atom is 0.188 e. The second-order valence-electron chi connectivity index (χ2n) is 5.94. The van der Waals surface area contributed by atoms with Crippen molar-refractivity contribution in [2.45, 2.75) is 45.1 Å². The van der Waals surface area contributed by atoms with Crippen LogP contribution >= 0.6 is 0 Å². The van der Waals surface area contributed by atoms with Crippen molar-refractivity contribution in [1.29, 1.82) is 0 Å². The molecule has 1 saturated carbocycles. The maximum atomic E-state index is 5.92. The fourth-order valence-corrected chi connectivity index (χ4v) is 2.82. The summed E-state index contributed by atoms with van der Waals surface area (Å²) >= 11 is 0. The molecule has 0 bridgehead atoms. The van der Waals surface area contributed by atoms with Gasteiger partial charge in [0.25, 0.3) is 0 Å². The van der Waals surface area contributed by atoms with Crippen molar-refractivity contribution in [3.63, 3.8) is 0 Å². The molecule has 1 aliphatic rings. The van der Waals surface area contributed by atoms with Crippen LogP contribution in [0.2, 0.25) is 0 Å². The number of aromatic nitrogens is 1. The molecule has 22 heavy (non-hydrogen) atoms. The lowest BCUT2D eigenvalue weighted by atomic mass is 9.88. The highest BCUT2D eigenvalue weighted by molar-refractivity contribution is 5.77. The molecular formula is C17H28N4O. The van der Waals surface area contributed by atoms with Crippen LogP contribution in [0.3, 0.4) is 0 Å². The standard InChI is InChI=1S/C17H28N4O/c1-14-6-2-3-8-16(14)22-13-12-21-17(18)20-11-9-15-7-4-5-10-19-15/h4-5,7,10,14,16H,2-3,6,8-9,11-13H2,1H3,(H3,18,20,21)/t14-,16-/m0/s1. The number of guanidine groups is 1. The van der Waals surface area contributed by atoms with Gasteiger partial charge >= 0.3 is 0 Å². The number of pyridine rings is 1. The zero-order chi connectivity index (χ0) is 15.6. The molecule has 3 N–H and O–H groups in total. The van der Waals surface area contributed by atoms with Gasteiger partial charge in [0, 0.05) is 24.9 Å². The van der Waals surface area contributed by atoms with Crippen molar-refractivity contribution in [1.82, 2.24) is 10.3 Å². The molecule has 1 fully saturated rings. The smallest absolute Gasteiger partial charge is 0.188 e. The Labute approximate surface area is 133 Å². The van der Waals surface area contributed by atoms with Gasteiger partial charge in [0.15, 0.2) is 5.96 Å². The zero-order valence-electron chi connectivity index (χ0n) is 13.5. The second-order valence-corrected chi connectivity index (χ2v) is 5.94. The molecule has 0 saturated heterocycles. The van der Waals surface area contributed by atoms with E-state index in [1.807, 2.05) is 18.2 Å². The summed E-state index contributed by atoms with van der Waals surface area (Å²) in [5.41, 5.74) is 6.90. The van der Waals surface area contributed by atoms with Gasteiger partial charge in [0.05, 0.1) is 19.3 Å². The largest absolute Gasteiger partial charge is 0.376 e. The van der Waals surface area contributed by atoms with E-state index in [1.165, 1.54) is 25.7 Å². The first-order valence-electron chi connectivity index (χ1n) is 8.31. The fraction of sp³-hybridized carbons (Fsp3) is 0.647. The third kappa shape index (κ3) is 6.02. The van der Waals surface area contributed by atoms with Gasteiger partial charge in [-0.15, -0.1) is 0 Å². The minimum atomic E-state index is 0.405. The van der Waals surface area contributed by atoms with Crippen molar-refractivity contribution < 1.29 is 4.74 Å². The highest BCUT2D eigenvalue weighted by atomic mass is 16.5. The van der Waals surface area contributed by atoms with E-state index in [0.29, 0.717) is 31.1 Å². The van der Waals surface area contributed by atoms with Crippen LogP contribution in [-0.2, 0) is 11.2 Å². The Morgan fingerprint density at radius 2 is 2.27 bits per heavy atom. The van der Waals surface area contributed by atoms with E-state index in [4.69, 9.17) is 10.5 Å². The Morgan fingerprint density at radius 3 is 3.05 bits per heavy atom. The third-order valence-electron chi connectivity index (χ3n) is 4.15. The summed E-state index contributed by atoms with van der Waals surface area (Å²) in [6.07, 6.45) is 8.14. The Kier molecular flexibility index (Phi) is 7.16. The first-order valence-corrected chi connectivity index (χ1v) is 8.31. The summed E-state index contributed by atoms with van der Waals surface area (Å²) in [7, 11) is 0. The van der Waals surface area contributed by atoms with E-state index in [0.717, 1.165) is 18.7 Å². The fourth-order valence-electron chi connectivity index (χ4n) is 2.82. The minimum Gasteiger partial charge on any atom is -0.376 e. The van der Waals surface area contributed by atoms with Crippen LogP contribution in [0.1, 0.15) is 38.3 Å². The summed E-state index contributed by atoms with van der Waals surface area (Å²) in [6, 6.07) is 5.91.